The molecule has 8 nitrogen and oxygen atoms in total. The Hall–Kier alpha value is -3.68. The van der Waals surface area contributed by atoms with E-state index in [1.165, 1.54) is 11.0 Å². The lowest BCUT2D eigenvalue weighted by molar-refractivity contribution is -0.123. The normalized spacial score (nSPS) is 12.0. The van der Waals surface area contributed by atoms with Gasteiger partial charge >= 0.3 is 0 Å². The van der Waals surface area contributed by atoms with Gasteiger partial charge in [-0.25, -0.2) is 4.68 Å². The summed E-state index contributed by atoms with van der Waals surface area (Å²) in [4.78, 5) is 12.9. The quantitative estimate of drug-likeness (QED) is 0.533. The van der Waals surface area contributed by atoms with E-state index >= 15 is 0 Å². The van der Waals surface area contributed by atoms with E-state index in [-0.39, 0.29) is 5.91 Å². The van der Waals surface area contributed by atoms with Crippen molar-refractivity contribution in [3.05, 3.63) is 72.7 Å². The van der Waals surface area contributed by atoms with Crippen LogP contribution >= 0.6 is 0 Å². The highest BCUT2D eigenvalue weighted by Crippen LogP contribution is 2.22. The van der Waals surface area contributed by atoms with Crippen LogP contribution in [-0.4, -0.2) is 44.3 Å². The van der Waals surface area contributed by atoms with E-state index in [4.69, 9.17) is 4.74 Å². The number of methoxy groups -OCH3 is 1. The molecule has 2 aromatic carbocycles. The molecule has 0 spiro atoms. The van der Waals surface area contributed by atoms with Crippen molar-refractivity contribution in [1.82, 2.24) is 30.1 Å². The number of fused-ring (bicyclic) bond motifs is 1. The summed E-state index contributed by atoms with van der Waals surface area (Å²) < 4.78 is 8.82. The molecule has 0 aliphatic carbocycles. The zero-order chi connectivity index (χ0) is 19.3. The molecule has 1 atom stereocenters. The number of hydrogen-bond acceptors (Lipinski definition) is 5. The van der Waals surface area contributed by atoms with E-state index in [2.05, 4.69) is 25.4 Å². The Morgan fingerprint density at radius 1 is 1.18 bits per heavy atom. The molecular formula is C20H20N6O2. The Labute approximate surface area is 161 Å². The fourth-order valence-electron chi connectivity index (χ4n) is 3.24. The first-order valence-corrected chi connectivity index (χ1v) is 8.94. The van der Waals surface area contributed by atoms with Crippen LogP contribution in [0.15, 0.2) is 67.1 Å². The number of amides is 1. The van der Waals surface area contributed by atoms with Crippen molar-refractivity contribution >= 4 is 16.8 Å². The van der Waals surface area contributed by atoms with Gasteiger partial charge in [-0.2, -0.15) is 0 Å². The third-order valence-electron chi connectivity index (χ3n) is 4.62. The molecule has 1 N–H and O–H groups in total. The molecule has 0 fully saturated rings. The van der Waals surface area contributed by atoms with Gasteiger partial charge in [0.1, 0.15) is 12.1 Å². The van der Waals surface area contributed by atoms with Crippen molar-refractivity contribution in [3.63, 3.8) is 0 Å². The van der Waals surface area contributed by atoms with Crippen LogP contribution in [0.1, 0.15) is 11.6 Å². The highest BCUT2D eigenvalue weighted by atomic mass is 16.5. The van der Waals surface area contributed by atoms with Crippen LogP contribution in [0.25, 0.3) is 10.9 Å². The van der Waals surface area contributed by atoms with E-state index in [0.717, 1.165) is 22.2 Å². The Morgan fingerprint density at radius 3 is 2.79 bits per heavy atom. The fraction of sp³-hybridized carbons (Fsp3) is 0.200. The standard InChI is InChI=1S/C20H20N6O2/c1-28-17-7-8-18-16(13-17)9-11-25(18)12-10-21-20(27)19(26-14-22-23-24-26)15-5-3-2-4-6-15/h2-9,11,13-14,19H,10,12H2,1H3,(H,21,27)/t19-/m0/s1. The minimum Gasteiger partial charge on any atom is -0.497 e. The average molecular weight is 376 g/mol. The molecule has 0 bridgehead atoms. The van der Waals surface area contributed by atoms with Crippen LogP contribution in [0.5, 0.6) is 5.75 Å². The highest BCUT2D eigenvalue weighted by molar-refractivity contribution is 5.83. The van der Waals surface area contributed by atoms with Gasteiger partial charge in [0.15, 0.2) is 6.04 Å². The lowest BCUT2D eigenvalue weighted by atomic mass is 10.1. The van der Waals surface area contributed by atoms with E-state index in [1.807, 2.05) is 60.8 Å². The SMILES string of the molecule is COc1ccc2c(ccn2CCNC(=O)[C@H](c2ccccc2)n2cnnn2)c1. The summed E-state index contributed by atoms with van der Waals surface area (Å²) in [5.74, 6) is 0.669. The van der Waals surface area contributed by atoms with Gasteiger partial charge in [-0.1, -0.05) is 30.3 Å². The molecule has 8 heteroatoms. The number of nitrogens with zero attached hydrogens (tertiary/aromatic N) is 5. The second-order valence-corrected chi connectivity index (χ2v) is 6.33. The van der Waals surface area contributed by atoms with Gasteiger partial charge in [0.2, 0.25) is 5.91 Å². The number of nitrogens with one attached hydrogen (secondary N) is 1. The summed E-state index contributed by atoms with van der Waals surface area (Å²) in [6.07, 6.45) is 3.45. The van der Waals surface area contributed by atoms with Gasteiger partial charge in [0.25, 0.3) is 0 Å². The van der Waals surface area contributed by atoms with E-state index in [1.54, 1.807) is 7.11 Å². The zero-order valence-corrected chi connectivity index (χ0v) is 15.4. The van der Waals surface area contributed by atoms with Crippen LogP contribution in [0.2, 0.25) is 0 Å². The number of rotatable bonds is 7. The molecule has 1 amide bonds. The number of benzene rings is 2. The molecule has 142 valence electrons. The van der Waals surface area contributed by atoms with E-state index < -0.39 is 6.04 Å². The van der Waals surface area contributed by atoms with E-state index in [0.29, 0.717) is 13.1 Å². The zero-order valence-electron chi connectivity index (χ0n) is 15.4. The van der Waals surface area contributed by atoms with Crippen LogP contribution in [0, 0.1) is 0 Å². The average Bonchev–Trinajstić information content (AvgIpc) is 3.39. The predicted molar refractivity (Wildman–Crippen MR) is 104 cm³/mol. The topological polar surface area (TPSA) is 86.9 Å². The molecule has 2 heterocycles. The first-order valence-electron chi connectivity index (χ1n) is 8.94. The van der Waals surface area contributed by atoms with Gasteiger partial charge in [-0.15, -0.1) is 5.10 Å². The lowest BCUT2D eigenvalue weighted by Gasteiger charge is -2.17. The molecule has 4 rings (SSSR count). The smallest absolute Gasteiger partial charge is 0.249 e. The molecule has 28 heavy (non-hydrogen) atoms. The number of tetrazole rings is 1. The molecule has 0 saturated heterocycles. The molecule has 0 aliphatic rings. The Balaban J connectivity index is 1.46. The predicted octanol–water partition coefficient (Wildman–Crippen LogP) is 2.04. The minimum atomic E-state index is -0.609. The van der Waals surface area contributed by atoms with Crippen LogP contribution in [0.4, 0.5) is 0 Å². The van der Waals surface area contributed by atoms with Crippen molar-refractivity contribution in [2.45, 2.75) is 12.6 Å². The molecule has 0 unspecified atom stereocenters. The van der Waals surface area contributed by atoms with Gasteiger partial charge in [0, 0.05) is 30.2 Å². The minimum absolute atomic E-state index is 0.156. The molecule has 4 aromatic rings. The third-order valence-corrected chi connectivity index (χ3v) is 4.62. The lowest BCUT2D eigenvalue weighted by Crippen LogP contribution is -2.35. The van der Waals surface area contributed by atoms with Crippen molar-refractivity contribution in [2.24, 2.45) is 0 Å². The molecule has 0 aliphatic heterocycles. The maximum absolute atomic E-state index is 12.9. The summed E-state index contributed by atoms with van der Waals surface area (Å²) in [5, 5.41) is 15.3. The number of aromatic nitrogens is 5. The maximum atomic E-state index is 12.9. The van der Waals surface area contributed by atoms with Gasteiger partial charge in [-0.05, 0) is 40.3 Å². The summed E-state index contributed by atoms with van der Waals surface area (Å²) in [6.45, 7) is 1.14. The number of ether oxygens (including phenoxy) is 1. The summed E-state index contributed by atoms with van der Waals surface area (Å²) in [7, 11) is 1.65. The molecule has 0 radical (unpaired) electrons. The molecule has 2 aromatic heterocycles. The molecular weight excluding hydrogens is 356 g/mol. The summed E-state index contributed by atoms with van der Waals surface area (Å²) in [5.41, 5.74) is 1.92. The van der Waals surface area contributed by atoms with Crippen molar-refractivity contribution < 1.29 is 9.53 Å². The van der Waals surface area contributed by atoms with Crippen molar-refractivity contribution in [2.75, 3.05) is 13.7 Å². The summed E-state index contributed by atoms with van der Waals surface area (Å²) >= 11 is 0. The van der Waals surface area contributed by atoms with Crippen LogP contribution in [0.3, 0.4) is 0 Å². The molecule has 0 saturated carbocycles. The number of carbonyl (C=O) groups excluding carboxylic acids is 1. The van der Waals surface area contributed by atoms with Crippen LogP contribution in [-0.2, 0) is 11.3 Å². The largest absolute Gasteiger partial charge is 0.497 e. The highest BCUT2D eigenvalue weighted by Gasteiger charge is 2.23. The Bertz CT molecular complexity index is 1060. The second-order valence-electron chi connectivity index (χ2n) is 6.33. The van der Waals surface area contributed by atoms with Crippen molar-refractivity contribution in [1.29, 1.82) is 0 Å². The Kier molecular flexibility index (Phi) is 5.01. The van der Waals surface area contributed by atoms with E-state index in [9.17, 15) is 4.79 Å². The fourth-order valence-corrected chi connectivity index (χ4v) is 3.24. The second kappa shape index (κ2) is 7.91. The monoisotopic (exact) mass is 376 g/mol. The Morgan fingerprint density at radius 2 is 2.04 bits per heavy atom. The van der Waals surface area contributed by atoms with Gasteiger partial charge in [-0.3, -0.25) is 4.79 Å². The number of carbonyl (C=O) groups is 1. The summed E-state index contributed by atoms with van der Waals surface area (Å²) in [6, 6.07) is 16.8. The third kappa shape index (κ3) is 3.57. The number of hydrogen-bond donors (Lipinski definition) is 1. The van der Waals surface area contributed by atoms with Crippen LogP contribution < -0.4 is 10.1 Å². The maximum Gasteiger partial charge on any atom is 0.249 e. The van der Waals surface area contributed by atoms with Crippen molar-refractivity contribution in [3.8, 4) is 5.75 Å². The first kappa shape index (κ1) is 17.7. The first-order chi connectivity index (χ1) is 13.8. The van der Waals surface area contributed by atoms with Gasteiger partial charge in [0.05, 0.1) is 7.11 Å². The van der Waals surface area contributed by atoms with Gasteiger partial charge < -0.3 is 14.6 Å².